The van der Waals surface area contributed by atoms with Crippen molar-refractivity contribution < 1.29 is 19.5 Å². The van der Waals surface area contributed by atoms with Gasteiger partial charge in [-0.05, 0) is 48.0 Å². The monoisotopic (exact) mass is 504 g/mol. The minimum atomic E-state index is -1.11. The second kappa shape index (κ2) is 7.55. The lowest BCUT2D eigenvalue weighted by Crippen LogP contribution is -2.47. The van der Waals surface area contributed by atoms with Crippen molar-refractivity contribution >= 4 is 52.2 Å². The van der Waals surface area contributed by atoms with Crippen molar-refractivity contribution in [3.63, 3.8) is 0 Å². The number of carboxylic acid groups (broad SMARTS) is 1. The molecule has 10 heteroatoms. The van der Waals surface area contributed by atoms with E-state index in [1.54, 1.807) is 23.1 Å². The van der Waals surface area contributed by atoms with Gasteiger partial charge in [0.2, 0.25) is 11.8 Å². The van der Waals surface area contributed by atoms with E-state index in [-0.39, 0.29) is 57.9 Å². The number of nitrogens with one attached hydrogen (secondary N) is 1. The third kappa shape index (κ3) is 2.99. The Kier molecular flexibility index (Phi) is 4.94. The summed E-state index contributed by atoms with van der Waals surface area (Å²) in [6, 6.07) is 3.00. The molecule has 0 radical (unpaired) electrons. The van der Waals surface area contributed by atoms with Gasteiger partial charge in [-0.15, -0.1) is 23.1 Å². The van der Waals surface area contributed by atoms with Crippen LogP contribution in [0.5, 0.6) is 0 Å². The van der Waals surface area contributed by atoms with Crippen LogP contribution in [0.1, 0.15) is 42.4 Å². The number of carbonyl (C=O) groups excluding carboxylic acids is 2. The fourth-order valence-electron chi connectivity index (χ4n) is 6.90. The van der Waals surface area contributed by atoms with Gasteiger partial charge in [0.15, 0.2) is 0 Å². The highest BCUT2D eigenvalue weighted by atomic mass is 32.2. The number of rotatable bonds is 5. The molecule has 2 aliphatic carbocycles. The smallest absolute Gasteiger partial charge is 0.326 e. The molecule has 2 aromatic heterocycles. The summed E-state index contributed by atoms with van der Waals surface area (Å²) in [5.74, 6) is -2.32. The van der Waals surface area contributed by atoms with Gasteiger partial charge in [0.25, 0.3) is 0 Å². The molecule has 3 fully saturated rings. The maximum atomic E-state index is 13.6. The van der Waals surface area contributed by atoms with E-state index in [4.69, 9.17) is 0 Å². The standard InChI is InChI=1S/C23H24N2O5S3/c1-8(2)6-11(22(28)29)25-20(26)14-9-7-10(15(14)21(25)27)17-13(9)16(12-4-3-5-31-12)18-19(32-17)24-23(30)33-18/h3-5,8-11,13-17H,6-7H2,1-2H3,(H,24,30)(H,28,29)/t9-,10-,11-,13-,14+,15-,16+,17-/m1/s1. The van der Waals surface area contributed by atoms with Crippen molar-refractivity contribution in [2.45, 2.75) is 48.9 Å². The Labute approximate surface area is 202 Å². The summed E-state index contributed by atoms with van der Waals surface area (Å²) in [7, 11) is 0. The highest BCUT2D eigenvalue weighted by Crippen LogP contribution is 2.68. The summed E-state index contributed by atoms with van der Waals surface area (Å²) in [5, 5.41) is 12.9. The number of nitrogens with zero attached hydrogens (tertiary/aromatic N) is 1. The average Bonchev–Trinajstić information content (AvgIpc) is 3.54. The molecule has 0 spiro atoms. The average molecular weight is 505 g/mol. The first-order valence-electron chi connectivity index (χ1n) is 11.3. The van der Waals surface area contributed by atoms with Crippen molar-refractivity contribution in [1.82, 2.24) is 9.88 Å². The highest BCUT2D eigenvalue weighted by Gasteiger charge is 2.70. The third-order valence-corrected chi connectivity index (χ3v) is 11.4. The molecule has 2 aromatic rings. The van der Waals surface area contributed by atoms with Gasteiger partial charge < -0.3 is 10.1 Å². The summed E-state index contributed by atoms with van der Waals surface area (Å²) in [5.41, 5.74) is 0. The number of fused-ring (bicyclic) bond motifs is 9. The number of imide groups is 1. The maximum absolute atomic E-state index is 13.6. The van der Waals surface area contributed by atoms with Crippen molar-refractivity contribution in [3.05, 3.63) is 36.9 Å². The number of aliphatic carboxylic acids is 1. The number of aromatic nitrogens is 1. The van der Waals surface area contributed by atoms with Crippen molar-refractivity contribution in [3.8, 4) is 0 Å². The van der Waals surface area contributed by atoms with Gasteiger partial charge in [-0.1, -0.05) is 31.3 Å². The zero-order valence-corrected chi connectivity index (χ0v) is 20.5. The number of thioether (sulfide) groups is 1. The second-order valence-corrected chi connectivity index (χ2v) is 13.2. The Balaban J connectivity index is 1.41. The fourth-order valence-corrected chi connectivity index (χ4v) is 10.7. The lowest BCUT2D eigenvalue weighted by molar-refractivity contribution is -0.156. The molecule has 2 saturated carbocycles. The van der Waals surface area contributed by atoms with E-state index in [0.717, 1.165) is 21.2 Å². The minimum Gasteiger partial charge on any atom is -0.480 e. The molecule has 0 unspecified atom stereocenters. The Morgan fingerprint density at radius 3 is 2.58 bits per heavy atom. The van der Waals surface area contributed by atoms with Gasteiger partial charge in [0.05, 0.1) is 16.9 Å². The minimum absolute atomic E-state index is 0.0176. The van der Waals surface area contributed by atoms with Crippen LogP contribution in [0.2, 0.25) is 0 Å². The van der Waals surface area contributed by atoms with E-state index < -0.39 is 23.8 Å². The van der Waals surface area contributed by atoms with Crippen LogP contribution in [-0.2, 0) is 14.4 Å². The number of carbonyl (C=O) groups is 3. The summed E-state index contributed by atoms with van der Waals surface area (Å²) in [4.78, 5) is 57.6. The Hall–Kier alpha value is -1.91. The molecule has 0 aromatic carbocycles. The predicted molar refractivity (Wildman–Crippen MR) is 126 cm³/mol. The van der Waals surface area contributed by atoms with E-state index in [1.165, 1.54) is 16.2 Å². The van der Waals surface area contributed by atoms with Crippen LogP contribution < -0.4 is 4.87 Å². The van der Waals surface area contributed by atoms with Crippen LogP contribution in [0.25, 0.3) is 0 Å². The van der Waals surface area contributed by atoms with Gasteiger partial charge >= 0.3 is 10.8 Å². The molecular formula is C23H24N2O5S3. The number of thiazole rings is 1. The molecule has 2 bridgehead atoms. The lowest BCUT2D eigenvalue weighted by Gasteiger charge is -2.42. The van der Waals surface area contributed by atoms with Crippen LogP contribution in [0.15, 0.2) is 27.3 Å². The van der Waals surface area contributed by atoms with Crippen molar-refractivity contribution in [2.24, 2.45) is 35.5 Å². The number of hydrogen-bond donors (Lipinski definition) is 2. The Morgan fingerprint density at radius 2 is 1.94 bits per heavy atom. The normalized spacial score (nSPS) is 35.1. The summed E-state index contributed by atoms with van der Waals surface area (Å²) in [6.45, 7) is 3.81. The van der Waals surface area contributed by atoms with Gasteiger partial charge in [-0.2, -0.15) is 0 Å². The van der Waals surface area contributed by atoms with E-state index >= 15 is 0 Å². The number of H-pyrrole nitrogens is 1. The van der Waals surface area contributed by atoms with Crippen LogP contribution in [0, 0.1) is 35.5 Å². The quantitative estimate of drug-likeness (QED) is 0.604. The number of likely N-dealkylation sites (tertiary alicyclic amines) is 1. The van der Waals surface area contributed by atoms with Gasteiger partial charge in [-0.3, -0.25) is 19.3 Å². The lowest BCUT2D eigenvalue weighted by atomic mass is 9.69. The van der Waals surface area contributed by atoms with Gasteiger partial charge in [0, 0.05) is 20.9 Å². The van der Waals surface area contributed by atoms with E-state index in [1.807, 2.05) is 25.3 Å². The topological polar surface area (TPSA) is 108 Å². The number of thiophene rings is 1. The van der Waals surface area contributed by atoms with E-state index in [0.29, 0.717) is 0 Å². The van der Waals surface area contributed by atoms with Crippen molar-refractivity contribution in [2.75, 3.05) is 0 Å². The first-order chi connectivity index (χ1) is 15.8. The summed E-state index contributed by atoms with van der Waals surface area (Å²) >= 11 is 4.57. The number of carboxylic acids is 1. The molecule has 174 valence electrons. The van der Waals surface area contributed by atoms with Gasteiger partial charge in [0.1, 0.15) is 6.04 Å². The third-order valence-electron chi connectivity index (χ3n) is 7.90. The van der Waals surface area contributed by atoms with Crippen LogP contribution >= 0.6 is 34.4 Å². The van der Waals surface area contributed by atoms with E-state index in [2.05, 4.69) is 11.1 Å². The molecule has 6 rings (SSSR count). The van der Waals surface area contributed by atoms with Crippen molar-refractivity contribution in [1.29, 1.82) is 0 Å². The largest absolute Gasteiger partial charge is 0.480 e. The zero-order valence-electron chi connectivity index (χ0n) is 18.1. The van der Waals surface area contributed by atoms with Crippen LogP contribution in [-0.4, -0.2) is 44.1 Å². The molecule has 7 nitrogen and oxygen atoms in total. The Bertz CT molecular complexity index is 1200. The summed E-state index contributed by atoms with van der Waals surface area (Å²) < 4.78 is 0. The first-order valence-corrected chi connectivity index (χ1v) is 13.9. The highest BCUT2D eigenvalue weighted by molar-refractivity contribution is 8.00. The molecule has 2 aliphatic heterocycles. The van der Waals surface area contributed by atoms with Gasteiger partial charge in [-0.25, -0.2) is 4.79 Å². The maximum Gasteiger partial charge on any atom is 0.326 e. The molecule has 4 heterocycles. The number of hydrogen-bond acceptors (Lipinski definition) is 7. The predicted octanol–water partition coefficient (Wildman–Crippen LogP) is 3.47. The molecule has 33 heavy (non-hydrogen) atoms. The summed E-state index contributed by atoms with van der Waals surface area (Å²) in [6.07, 6.45) is 1.07. The van der Waals surface area contributed by atoms with Crippen LogP contribution in [0.4, 0.5) is 0 Å². The molecule has 8 atom stereocenters. The molecule has 1 saturated heterocycles. The number of amides is 2. The van der Waals surface area contributed by atoms with Crippen LogP contribution in [0.3, 0.4) is 0 Å². The molecule has 4 aliphatic rings. The zero-order chi connectivity index (χ0) is 23.2. The molecule has 2 N–H and O–H groups in total. The molecular weight excluding hydrogens is 480 g/mol. The SMILES string of the molecule is CC(C)C[C@H](C(=O)O)N1C(=O)[C@@H]2[C@H]3C[C@@H]([C@@H]2C1=O)[C@@H]1[C@H](c2cccs2)c2sc(=O)[nH]c2S[C@H]31. The van der Waals surface area contributed by atoms with E-state index in [9.17, 15) is 24.3 Å². The Morgan fingerprint density at radius 1 is 1.21 bits per heavy atom. The second-order valence-electron chi connectivity index (χ2n) is 10.0. The molecule has 2 amide bonds. The number of aromatic amines is 1. The fraction of sp³-hybridized carbons (Fsp3) is 0.565. The first kappa shape index (κ1) is 21.6.